The van der Waals surface area contributed by atoms with Crippen LogP contribution in [-0.2, 0) is 11.3 Å². The van der Waals surface area contributed by atoms with Gasteiger partial charge in [-0.2, -0.15) is 0 Å². The number of nitrogens with one attached hydrogen (secondary N) is 2. The second kappa shape index (κ2) is 9.76. The van der Waals surface area contributed by atoms with Gasteiger partial charge in [0, 0.05) is 18.6 Å². The van der Waals surface area contributed by atoms with Gasteiger partial charge in [-0.15, -0.1) is 10.2 Å². The maximum atomic E-state index is 12.5. The first-order valence-electron chi connectivity index (χ1n) is 10.6. The summed E-state index contributed by atoms with van der Waals surface area (Å²) in [5.74, 6) is 1.77. The van der Waals surface area contributed by atoms with Crippen LogP contribution >= 0.6 is 11.8 Å². The molecule has 0 aliphatic carbocycles. The summed E-state index contributed by atoms with van der Waals surface area (Å²) in [6, 6.07) is 3.24. The zero-order valence-corrected chi connectivity index (χ0v) is 19.7. The van der Waals surface area contributed by atoms with E-state index in [1.54, 1.807) is 13.2 Å². The van der Waals surface area contributed by atoms with Crippen LogP contribution < -0.4 is 15.5 Å². The molecule has 170 valence electrons. The van der Waals surface area contributed by atoms with Crippen LogP contribution in [0.25, 0.3) is 0 Å². The number of carbonyl (C=O) groups excluding carboxylic acids is 2. The van der Waals surface area contributed by atoms with Crippen molar-refractivity contribution in [2.75, 3.05) is 18.0 Å². The molecule has 9 nitrogen and oxygen atoms in total. The average Bonchev–Trinajstić information content (AvgIpc) is 3.31. The summed E-state index contributed by atoms with van der Waals surface area (Å²) in [5, 5.41) is 14.0. The monoisotopic (exact) mass is 448 g/mol. The molecule has 31 heavy (non-hydrogen) atoms. The van der Waals surface area contributed by atoms with Crippen molar-refractivity contribution in [1.29, 1.82) is 0 Å². The fourth-order valence-corrected chi connectivity index (χ4v) is 4.31. The Labute approximate surface area is 187 Å². The van der Waals surface area contributed by atoms with Crippen LogP contribution in [0.5, 0.6) is 0 Å². The molecule has 2 aromatic heterocycles. The molecule has 3 heterocycles. The molecule has 2 aromatic rings. The summed E-state index contributed by atoms with van der Waals surface area (Å²) in [4.78, 5) is 26.8. The molecule has 0 radical (unpaired) electrons. The minimum Gasteiger partial charge on any atom is -0.467 e. The summed E-state index contributed by atoms with van der Waals surface area (Å²) in [7, 11) is 0. The first-order chi connectivity index (χ1) is 14.6. The number of nitrogens with zero attached hydrogens (tertiary/aromatic N) is 4. The predicted octanol–water partition coefficient (Wildman–Crippen LogP) is 3.26. The number of hydrogen-bond acceptors (Lipinski definition) is 7. The van der Waals surface area contributed by atoms with E-state index in [1.165, 1.54) is 18.2 Å². The molecule has 3 rings (SSSR count). The van der Waals surface area contributed by atoms with Crippen molar-refractivity contribution in [2.24, 2.45) is 5.92 Å². The second-order valence-electron chi connectivity index (χ2n) is 9.09. The number of anilines is 1. The number of thioether (sulfide) groups is 1. The van der Waals surface area contributed by atoms with Crippen molar-refractivity contribution in [3.63, 3.8) is 0 Å². The van der Waals surface area contributed by atoms with Crippen LogP contribution in [-0.4, -0.2) is 50.6 Å². The highest BCUT2D eigenvalue weighted by molar-refractivity contribution is 8.00. The van der Waals surface area contributed by atoms with Gasteiger partial charge in [0.05, 0.1) is 18.1 Å². The first-order valence-corrected chi connectivity index (χ1v) is 11.5. The number of rotatable bonds is 6. The molecular formula is C21H32N6O3S. The molecule has 0 aromatic carbocycles. The quantitative estimate of drug-likeness (QED) is 0.654. The summed E-state index contributed by atoms with van der Waals surface area (Å²) in [6.45, 7) is 11.9. The van der Waals surface area contributed by atoms with E-state index < -0.39 is 16.8 Å². The Balaban J connectivity index is 1.75. The lowest BCUT2D eigenvalue weighted by molar-refractivity contribution is -0.119. The van der Waals surface area contributed by atoms with Gasteiger partial charge in [-0.25, -0.2) is 4.79 Å². The van der Waals surface area contributed by atoms with E-state index in [1.807, 2.05) is 37.5 Å². The molecule has 0 bridgehead atoms. The van der Waals surface area contributed by atoms with Gasteiger partial charge in [0.15, 0.2) is 5.16 Å². The lowest BCUT2D eigenvalue weighted by Gasteiger charge is -2.31. The second-order valence-corrected chi connectivity index (χ2v) is 10.4. The van der Waals surface area contributed by atoms with E-state index in [4.69, 9.17) is 4.42 Å². The summed E-state index contributed by atoms with van der Waals surface area (Å²) in [6.07, 6.45) is 3.95. The maximum Gasteiger partial charge on any atom is 0.321 e. The summed E-state index contributed by atoms with van der Waals surface area (Å²) in [5.41, 5.74) is -0.426. The van der Waals surface area contributed by atoms with E-state index in [-0.39, 0.29) is 5.91 Å². The number of carbonyl (C=O) groups is 2. The van der Waals surface area contributed by atoms with Crippen LogP contribution in [0, 0.1) is 5.92 Å². The number of aromatic nitrogens is 3. The number of piperidine rings is 1. The Morgan fingerprint density at radius 3 is 2.77 bits per heavy atom. The molecule has 1 fully saturated rings. The van der Waals surface area contributed by atoms with Gasteiger partial charge in [0.25, 0.3) is 0 Å². The van der Waals surface area contributed by atoms with Crippen molar-refractivity contribution in [2.45, 2.75) is 70.0 Å². The van der Waals surface area contributed by atoms with E-state index in [9.17, 15) is 9.59 Å². The maximum absolute atomic E-state index is 12.5. The van der Waals surface area contributed by atoms with E-state index in [0.29, 0.717) is 17.6 Å². The molecule has 2 unspecified atom stereocenters. The number of furan rings is 1. The summed E-state index contributed by atoms with van der Waals surface area (Å²) < 4.78 is 7.53. The van der Waals surface area contributed by atoms with E-state index in [2.05, 4.69) is 32.7 Å². The number of hydrogen-bond donors (Lipinski definition) is 2. The van der Waals surface area contributed by atoms with Crippen molar-refractivity contribution in [3.8, 4) is 0 Å². The topological polar surface area (TPSA) is 105 Å². The van der Waals surface area contributed by atoms with Crippen LogP contribution in [0.3, 0.4) is 0 Å². The highest BCUT2D eigenvalue weighted by Gasteiger charge is 2.27. The third kappa shape index (κ3) is 6.49. The fraction of sp³-hybridized carbons (Fsp3) is 0.619. The molecule has 0 spiro atoms. The molecule has 10 heteroatoms. The Kier molecular flexibility index (Phi) is 7.30. The van der Waals surface area contributed by atoms with Crippen molar-refractivity contribution < 1.29 is 14.0 Å². The highest BCUT2D eigenvalue weighted by Crippen LogP contribution is 2.29. The molecule has 1 aliphatic rings. The molecule has 2 N–H and O–H groups in total. The molecular weight excluding hydrogens is 416 g/mol. The van der Waals surface area contributed by atoms with Gasteiger partial charge in [0.1, 0.15) is 5.76 Å². The Morgan fingerprint density at radius 1 is 1.35 bits per heavy atom. The van der Waals surface area contributed by atoms with Gasteiger partial charge in [0.2, 0.25) is 11.9 Å². The minimum atomic E-state index is -0.529. The third-order valence-corrected chi connectivity index (χ3v) is 5.99. The highest BCUT2D eigenvalue weighted by atomic mass is 32.2. The largest absolute Gasteiger partial charge is 0.467 e. The Morgan fingerprint density at radius 2 is 2.13 bits per heavy atom. The van der Waals surface area contributed by atoms with Crippen molar-refractivity contribution in [1.82, 2.24) is 25.4 Å². The first kappa shape index (κ1) is 23.2. The molecule has 3 amide bonds. The Hall–Kier alpha value is -2.49. The normalized spacial score (nSPS) is 18.0. The third-order valence-electron chi connectivity index (χ3n) is 4.91. The lowest BCUT2D eigenvalue weighted by Crippen LogP contribution is -2.49. The molecule has 1 aliphatic heterocycles. The van der Waals surface area contributed by atoms with Crippen LogP contribution in [0.2, 0.25) is 0 Å². The van der Waals surface area contributed by atoms with Gasteiger partial charge in [-0.05, 0) is 58.6 Å². The van der Waals surface area contributed by atoms with Gasteiger partial charge < -0.3 is 14.6 Å². The van der Waals surface area contributed by atoms with Crippen molar-refractivity contribution >= 4 is 29.6 Å². The SMILES string of the molecule is CC1CCCN(c2nnc(SC(C)C(=O)NC(=O)NC(C)(C)C)n2Cc2ccco2)C1. The standard InChI is InChI=1S/C21H32N6O3S/c1-14-8-6-10-26(12-14)19-24-25-20(27(19)13-16-9-7-11-30-16)31-15(2)17(28)22-18(29)23-21(3,4)5/h7,9,11,14-15H,6,8,10,12-13H2,1-5H3,(H2,22,23,28,29). The average molecular weight is 449 g/mol. The van der Waals surface area contributed by atoms with E-state index >= 15 is 0 Å². The smallest absolute Gasteiger partial charge is 0.321 e. The number of amides is 3. The number of imide groups is 1. The van der Waals surface area contributed by atoms with E-state index in [0.717, 1.165) is 31.2 Å². The minimum absolute atomic E-state index is 0.382. The summed E-state index contributed by atoms with van der Waals surface area (Å²) >= 11 is 1.27. The number of urea groups is 1. The Bertz CT molecular complexity index is 890. The molecule has 0 saturated carbocycles. The van der Waals surface area contributed by atoms with Gasteiger partial charge >= 0.3 is 6.03 Å². The van der Waals surface area contributed by atoms with Gasteiger partial charge in [-0.1, -0.05) is 18.7 Å². The fourth-order valence-electron chi connectivity index (χ4n) is 3.47. The molecule has 2 atom stereocenters. The van der Waals surface area contributed by atoms with Crippen molar-refractivity contribution in [3.05, 3.63) is 24.2 Å². The zero-order valence-electron chi connectivity index (χ0n) is 18.8. The predicted molar refractivity (Wildman–Crippen MR) is 120 cm³/mol. The lowest BCUT2D eigenvalue weighted by atomic mass is 10.0. The molecule has 1 saturated heterocycles. The van der Waals surface area contributed by atoms with Crippen LogP contribution in [0.4, 0.5) is 10.7 Å². The van der Waals surface area contributed by atoms with Crippen LogP contribution in [0.15, 0.2) is 28.0 Å². The van der Waals surface area contributed by atoms with Gasteiger partial charge in [-0.3, -0.25) is 14.7 Å². The zero-order chi connectivity index (χ0) is 22.6. The van der Waals surface area contributed by atoms with Crippen LogP contribution in [0.1, 0.15) is 53.2 Å².